The highest BCUT2D eigenvalue weighted by molar-refractivity contribution is 5.95. The molecule has 0 bridgehead atoms. The molecule has 1 amide bonds. The monoisotopic (exact) mass is 274 g/mol. The summed E-state index contributed by atoms with van der Waals surface area (Å²) in [5, 5.41) is 0. The molecule has 0 aliphatic carbocycles. The van der Waals surface area contributed by atoms with Crippen LogP contribution in [0.25, 0.3) is 0 Å². The fourth-order valence-corrected chi connectivity index (χ4v) is 2.87. The van der Waals surface area contributed by atoms with Gasteiger partial charge in [-0.25, -0.2) is 0 Å². The molecule has 0 unspecified atom stereocenters. The molecular formula is C17H26N2O. The van der Waals surface area contributed by atoms with Crippen LogP contribution >= 0.6 is 0 Å². The molecule has 2 rings (SSSR count). The standard InChI is InChI=1S/C17H26N2O/c1-2-3-4-5-6-9-17(20)19-12-7-8-14-10-11-15(18)13-16(14)19/h10-11,13H,2-9,12,18H2,1H3. The van der Waals surface area contributed by atoms with Crippen molar-refractivity contribution in [1.82, 2.24) is 0 Å². The number of fused-ring (bicyclic) bond motifs is 1. The topological polar surface area (TPSA) is 46.3 Å². The van der Waals surface area contributed by atoms with Crippen LogP contribution in [0.2, 0.25) is 0 Å². The van der Waals surface area contributed by atoms with Gasteiger partial charge in [0.25, 0.3) is 0 Å². The maximum atomic E-state index is 12.4. The van der Waals surface area contributed by atoms with E-state index in [1.54, 1.807) is 0 Å². The molecule has 3 heteroatoms. The number of nitrogens with two attached hydrogens (primary N) is 1. The van der Waals surface area contributed by atoms with E-state index in [1.807, 2.05) is 17.0 Å². The Morgan fingerprint density at radius 3 is 2.85 bits per heavy atom. The van der Waals surface area contributed by atoms with Crippen molar-refractivity contribution in [2.45, 2.75) is 58.3 Å². The van der Waals surface area contributed by atoms with E-state index >= 15 is 0 Å². The van der Waals surface area contributed by atoms with Crippen LogP contribution in [-0.4, -0.2) is 12.5 Å². The number of aryl methyl sites for hydroxylation is 1. The normalized spacial score (nSPS) is 14.2. The molecule has 110 valence electrons. The van der Waals surface area contributed by atoms with E-state index in [2.05, 4.69) is 13.0 Å². The summed E-state index contributed by atoms with van der Waals surface area (Å²) in [7, 11) is 0. The van der Waals surface area contributed by atoms with Crippen molar-refractivity contribution < 1.29 is 4.79 Å². The quantitative estimate of drug-likeness (QED) is 0.631. The number of nitrogen functional groups attached to an aromatic ring is 1. The molecule has 1 aliphatic rings. The third-order valence-corrected chi connectivity index (χ3v) is 4.02. The van der Waals surface area contributed by atoms with Crippen LogP contribution in [0, 0.1) is 0 Å². The molecule has 0 fully saturated rings. The van der Waals surface area contributed by atoms with E-state index in [0.717, 1.165) is 43.6 Å². The van der Waals surface area contributed by atoms with E-state index < -0.39 is 0 Å². The first-order valence-electron chi connectivity index (χ1n) is 7.91. The molecule has 1 heterocycles. The van der Waals surface area contributed by atoms with Gasteiger partial charge in [0.05, 0.1) is 0 Å². The number of rotatable bonds is 6. The molecule has 20 heavy (non-hydrogen) atoms. The van der Waals surface area contributed by atoms with Gasteiger partial charge in [-0.2, -0.15) is 0 Å². The van der Waals surface area contributed by atoms with Crippen LogP contribution in [0.3, 0.4) is 0 Å². The van der Waals surface area contributed by atoms with Crippen LogP contribution in [0.5, 0.6) is 0 Å². The number of anilines is 2. The van der Waals surface area contributed by atoms with Crippen molar-refractivity contribution in [2.75, 3.05) is 17.2 Å². The molecule has 3 nitrogen and oxygen atoms in total. The first-order valence-corrected chi connectivity index (χ1v) is 7.91. The number of carbonyl (C=O) groups is 1. The van der Waals surface area contributed by atoms with Gasteiger partial charge < -0.3 is 10.6 Å². The van der Waals surface area contributed by atoms with Crippen molar-refractivity contribution in [3.05, 3.63) is 23.8 Å². The summed E-state index contributed by atoms with van der Waals surface area (Å²) in [5.41, 5.74) is 8.89. The van der Waals surface area contributed by atoms with E-state index in [4.69, 9.17) is 5.73 Å². The zero-order chi connectivity index (χ0) is 14.4. The van der Waals surface area contributed by atoms with E-state index in [-0.39, 0.29) is 5.91 Å². The Hall–Kier alpha value is -1.51. The van der Waals surface area contributed by atoms with Gasteiger partial charge in [0.1, 0.15) is 0 Å². The van der Waals surface area contributed by atoms with E-state index in [0.29, 0.717) is 6.42 Å². The minimum absolute atomic E-state index is 0.257. The molecule has 0 spiro atoms. The van der Waals surface area contributed by atoms with Gasteiger partial charge in [-0.15, -0.1) is 0 Å². The maximum Gasteiger partial charge on any atom is 0.226 e. The minimum atomic E-state index is 0.257. The lowest BCUT2D eigenvalue weighted by atomic mass is 10.0. The number of benzene rings is 1. The molecule has 2 N–H and O–H groups in total. The number of hydrogen-bond acceptors (Lipinski definition) is 2. The number of amides is 1. The predicted octanol–water partition coefficient (Wildman–Crippen LogP) is 3.91. The van der Waals surface area contributed by atoms with Crippen molar-refractivity contribution in [3.63, 3.8) is 0 Å². The second kappa shape index (κ2) is 7.32. The zero-order valence-corrected chi connectivity index (χ0v) is 12.5. The zero-order valence-electron chi connectivity index (χ0n) is 12.5. The highest BCUT2D eigenvalue weighted by atomic mass is 16.2. The van der Waals surface area contributed by atoms with Gasteiger partial charge in [-0.1, -0.05) is 38.7 Å². The van der Waals surface area contributed by atoms with Crippen LogP contribution in [0.4, 0.5) is 11.4 Å². The molecule has 1 aromatic carbocycles. The number of hydrogen-bond donors (Lipinski definition) is 1. The van der Waals surface area contributed by atoms with Crippen molar-refractivity contribution in [2.24, 2.45) is 0 Å². The van der Waals surface area contributed by atoms with Gasteiger partial charge in [0, 0.05) is 24.3 Å². The third-order valence-electron chi connectivity index (χ3n) is 4.02. The van der Waals surface area contributed by atoms with Crippen molar-refractivity contribution in [1.29, 1.82) is 0 Å². The predicted molar refractivity (Wildman–Crippen MR) is 84.9 cm³/mol. The fourth-order valence-electron chi connectivity index (χ4n) is 2.87. The number of unbranched alkanes of at least 4 members (excludes halogenated alkanes) is 4. The molecule has 0 radical (unpaired) electrons. The Morgan fingerprint density at radius 2 is 2.05 bits per heavy atom. The van der Waals surface area contributed by atoms with Gasteiger partial charge in [-0.3, -0.25) is 4.79 Å². The van der Waals surface area contributed by atoms with E-state index in [9.17, 15) is 4.79 Å². The summed E-state index contributed by atoms with van der Waals surface area (Å²) >= 11 is 0. The van der Waals surface area contributed by atoms with Crippen LogP contribution < -0.4 is 10.6 Å². The summed E-state index contributed by atoms with van der Waals surface area (Å²) in [6.07, 6.45) is 8.70. The Labute approximate surface area is 122 Å². The first kappa shape index (κ1) is 14.9. The average Bonchev–Trinajstić information content (AvgIpc) is 2.46. The van der Waals surface area contributed by atoms with E-state index in [1.165, 1.54) is 24.8 Å². The fraction of sp³-hybridized carbons (Fsp3) is 0.588. The lowest BCUT2D eigenvalue weighted by Crippen LogP contribution is -2.35. The van der Waals surface area contributed by atoms with Gasteiger partial charge >= 0.3 is 0 Å². The highest BCUT2D eigenvalue weighted by Gasteiger charge is 2.22. The lowest BCUT2D eigenvalue weighted by Gasteiger charge is -2.30. The molecule has 1 aliphatic heterocycles. The maximum absolute atomic E-state index is 12.4. The SMILES string of the molecule is CCCCCCCC(=O)N1CCCc2ccc(N)cc21. The molecule has 0 saturated carbocycles. The molecule has 1 aromatic rings. The second-order valence-corrected chi connectivity index (χ2v) is 5.70. The van der Waals surface area contributed by atoms with Gasteiger partial charge in [0.2, 0.25) is 5.91 Å². The summed E-state index contributed by atoms with van der Waals surface area (Å²) < 4.78 is 0. The summed E-state index contributed by atoms with van der Waals surface area (Å²) in [4.78, 5) is 14.3. The lowest BCUT2D eigenvalue weighted by molar-refractivity contribution is -0.118. The summed E-state index contributed by atoms with van der Waals surface area (Å²) in [6.45, 7) is 3.05. The third kappa shape index (κ3) is 3.75. The second-order valence-electron chi connectivity index (χ2n) is 5.70. The Kier molecular flexibility index (Phi) is 5.45. The molecule has 0 saturated heterocycles. The molecule has 0 aromatic heterocycles. The molecule has 0 atom stereocenters. The summed E-state index contributed by atoms with van der Waals surface area (Å²) in [5.74, 6) is 0.257. The van der Waals surface area contributed by atoms with Crippen LogP contribution in [0.15, 0.2) is 18.2 Å². The largest absolute Gasteiger partial charge is 0.399 e. The Bertz CT molecular complexity index is 456. The van der Waals surface area contributed by atoms with Gasteiger partial charge in [0.15, 0.2) is 0 Å². The van der Waals surface area contributed by atoms with Crippen molar-refractivity contribution >= 4 is 17.3 Å². The average molecular weight is 274 g/mol. The van der Waals surface area contributed by atoms with Gasteiger partial charge in [-0.05, 0) is 37.0 Å². The van der Waals surface area contributed by atoms with Crippen LogP contribution in [0.1, 0.15) is 57.4 Å². The number of carbonyl (C=O) groups excluding carboxylic acids is 1. The first-order chi connectivity index (χ1) is 9.72. The smallest absolute Gasteiger partial charge is 0.226 e. The van der Waals surface area contributed by atoms with Crippen molar-refractivity contribution in [3.8, 4) is 0 Å². The summed E-state index contributed by atoms with van der Waals surface area (Å²) in [6, 6.07) is 5.94. The number of nitrogens with zero attached hydrogens (tertiary/aromatic N) is 1. The van der Waals surface area contributed by atoms with Crippen LogP contribution in [-0.2, 0) is 11.2 Å². The molecular weight excluding hydrogens is 248 g/mol. The Balaban J connectivity index is 1.93. The Morgan fingerprint density at radius 1 is 1.25 bits per heavy atom. The minimum Gasteiger partial charge on any atom is -0.399 e. The highest BCUT2D eigenvalue weighted by Crippen LogP contribution is 2.29.